The van der Waals surface area contributed by atoms with E-state index in [0.717, 1.165) is 29.7 Å². The second-order valence-electron chi connectivity index (χ2n) is 7.55. The first kappa shape index (κ1) is 19.2. The number of para-hydroxylation sites is 1. The second-order valence-corrected chi connectivity index (χ2v) is 7.55. The van der Waals surface area contributed by atoms with E-state index in [4.69, 9.17) is 0 Å². The van der Waals surface area contributed by atoms with Crippen LogP contribution in [0, 0.1) is 5.92 Å². The molecule has 0 unspecified atom stereocenters. The largest absolute Gasteiger partial charge is 0.342 e. The van der Waals surface area contributed by atoms with Gasteiger partial charge in [0.2, 0.25) is 11.8 Å². The normalized spacial score (nSPS) is 15.0. The van der Waals surface area contributed by atoms with Crippen molar-refractivity contribution in [2.75, 3.05) is 18.4 Å². The SMILES string of the molecule is CC(C)c1ccccc1NC(=O)C1CCN(C(=O)Cc2ccccc2)CC1. The van der Waals surface area contributed by atoms with Crippen molar-refractivity contribution >= 4 is 17.5 Å². The van der Waals surface area contributed by atoms with Gasteiger partial charge in [-0.2, -0.15) is 0 Å². The quantitative estimate of drug-likeness (QED) is 0.863. The van der Waals surface area contributed by atoms with Crippen molar-refractivity contribution in [1.29, 1.82) is 0 Å². The summed E-state index contributed by atoms with van der Waals surface area (Å²) in [6, 6.07) is 17.8. The van der Waals surface area contributed by atoms with E-state index in [-0.39, 0.29) is 17.7 Å². The molecule has 1 heterocycles. The summed E-state index contributed by atoms with van der Waals surface area (Å²) >= 11 is 0. The topological polar surface area (TPSA) is 49.4 Å². The molecule has 4 heteroatoms. The summed E-state index contributed by atoms with van der Waals surface area (Å²) in [5.41, 5.74) is 3.09. The van der Waals surface area contributed by atoms with Gasteiger partial charge >= 0.3 is 0 Å². The zero-order valence-electron chi connectivity index (χ0n) is 16.2. The number of piperidine rings is 1. The Balaban J connectivity index is 1.53. The maximum absolute atomic E-state index is 12.7. The molecule has 142 valence electrons. The minimum absolute atomic E-state index is 0.0361. The molecule has 4 nitrogen and oxygen atoms in total. The van der Waals surface area contributed by atoms with Crippen LogP contribution in [-0.4, -0.2) is 29.8 Å². The maximum Gasteiger partial charge on any atom is 0.227 e. The highest BCUT2D eigenvalue weighted by molar-refractivity contribution is 5.93. The van der Waals surface area contributed by atoms with Crippen molar-refractivity contribution in [3.05, 3.63) is 65.7 Å². The Kier molecular flexibility index (Phi) is 6.28. The van der Waals surface area contributed by atoms with Crippen LogP contribution in [0.25, 0.3) is 0 Å². The van der Waals surface area contributed by atoms with Gasteiger partial charge in [0.1, 0.15) is 0 Å². The minimum Gasteiger partial charge on any atom is -0.342 e. The van der Waals surface area contributed by atoms with Crippen molar-refractivity contribution in [1.82, 2.24) is 4.90 Å². The monoisotopic (exact) mass is 364 g/mol. The fourth-order valence-electron chi connectivity index (χ4n) is 3.62. The first-order valence-corrected chi connectivity index (χ1v) is 9.76. The number of nitrogens with one attached hydrogen (secondary N) is 1. The molecule has 1 aliphatic heterocycles. The average Bonchev–Trinajstić information content (AvgIpc) is 2.69. The molecule has 0 radical (unpaired) electrons. The lowest BCUT2D eigenvalue weighted by molar-refractivity contribution is -0.133. The molecule has 2 aromatic carbocycles. The van der Waals surface area contributed by atoms with Gasteiger partial charge in [-0.25, -0.2) is 0 Å². The van der Waals surface area contributed by atoms with E-state index in [1.165, 1.54) is 0 Å². The van der Waals surface area contributed by atoms with Crippen LogP contribution in [0.1, 0.15) is 43.7 Å². The van der Waals surface area contributed by atoms with Gasteiger partial charge in [-0.3, -0.25) is 9.59 Å². The number of hydrogen-bond donors (Lipinski definition) is 1. The van der Waals surface area contributed by atoms with E-state index in [1.807, 2.05) is 53.4 Å². The Bertz CT molecular complexity index is 778. The van der Waals surface area contributed by atoms with Crippen LogP contribution in [0.5, 0.6) is 0 Å². The van der Waals surface area contributed by atoms with Gasteiger partial charge in [0.25, 0.3) is 0 Å². The average molecular weight is 364 g/mol. The lowest BCUT2D eigenvalue weighted by Crippen LogP contribution is -2.42. The number of carbonyl (C=O) groups is 2. The number of rotatable bonds is 5. The molecule has 1 aliphatic rings. The first-order valence-electron chi connectivity index (χ1n) is 9.76. The zero-order valence-corrected chi connectivity index (χ0v) is 16.2. The molecular formula is C23H28N2O2. The molecule has 1 N–H and O–H groups in total. The second kappa shape index (κ2) is 8.85. The van der Waals surface area contributed by atoms with Crippen molar-refractivity contribution in [2.45, 2.75) is 39.0 Å². The summed E-state index contributed by atoms with van der Waals surface area (Å²) in [6.45, 7) is 5.55. The summed E-state index contributed by atoms with van der Waals surface area (Å²) in [4.78, 5) is 27.1. The molecule has 0 aliphatic carbocycles. The van der Waals surface area contributed by atoms with E-state index in [2.05, 4.69) is 25.2 Å². The van der Waals surface area contributed by atoms with E-state index in [9.17, 15) is 9.59 Å². The highest BCUT2D eigenvalue weighted by Gasteiger charge is 2.27. The Morgan fingerprint density at radius 3 is 2.30 bits per heavy atom. The fraction of sp³-hybridized carbons (Fsp3) is 0.391. The molecule has 0 bridgehead atoms. The number of nitrogens with zero attached hydrogens (tertiary/aromatic N) is 1. The zero-order chi connectivity index (χ0) is 19.2. The fourth-order valence-corrected chi connectivity index (χ4v) is 3.62. The molecule has 1 fully saturated rings. The number of likely N-dealkylation sites (tertiary alicyclic amines) is 1. The van der Waals surface area contributed by atoms with Gasteiger partial charge in [-0.1, -0.05) is 62.4 Å². The Morgan fingerprint density at radius 2 is 1.63 bits per heavy atom. The molecule has 0 saturated carbocycles. The third-order valence-electron chi connectivity index (χ3n) is 5.26. The minimum atomic E-state index is -0.0361. The lowest BCUT2D eigenvalue weighted by atomic mass is 9.94. The summed E-state index contributed by atoms with van der Waals surface area (Å²) in [6.07, 6.45) is 1.87. The van der Waals surface area contributed by atoms with Crippen LogP contribution in [0.4, 0.5) is 5.69 Å². The molecule has 0 spiro atoms. The number of benzene rings is 2. The summed E-state index contributed by atoms with van der Waals surface area (Å²) in [7, 11) is 0. The molecule has 2 amide bonds. The van der Waals surface area contributed by atoms with Crippen molar-refractivity contribution in [3.63, 3.8) is 0 Å². The van der Waals surface area contributed by atoms with Gasteiger partial charge in [0, 0.05) is 24.7 Å². The number of amides is 2. The highest BCUT2D eigenvalue weighted by atomic mass is 16.2. The Hall–Kier alpha value is -2.62. The predicted molar refractivity (Wildman–Crippen MR) is 109 cm³/mol. The van der Waals surface area contributed by atoms with E-state index < -0.39 is 0 Å². The van der Waals surface area contributed by atoms with Gasteiger partial charge in [-0.05, 0) is 36.0 Å². The third-order valence-corrected chi connectivity index (χ3v) is 5.26. The lowest BCUT2D eigenvalue weighted by Gasteiger charge is -2.31. The van der Waals surface area contributed by atoms with Gasteiger partial charge in [0.15, 0.2) is 0 Å². The smallest absolute Gasteiger partial charge is 0.227 e. The molecule has 1 saturated heterocycles. The van der Waals surface area contributed by atoms with E-state index >= 15 is 0 Å². The van der Waals surface area contributed by atoms with E-state index in [1.54, 1.807) is 0 Å². The molecule has 0 atom stereocenters. The summed E-state index contributed by atoms with van der Waals surface area (Å²) < 4.78 is 0. The first-order chi connectivity index (χ1) is 13.0. The molecule has 3 rings (SSSR count). The predicted octanol–water partition coefficient (Wildman–Crippen LogP) is 4.23. The number of anilines is 1. The Labute approximate surface area is 161 Å². The van der Waals surface area contributed by atoms with Crippen LogP contribution in [0.3, 0.4) is 0 Å². The van der Waals surface area contributed by atoms with Crippen LogP contribution >= 0.6 is 0 Å². The number of hydrogen-bond acceptors (Lipinski definition) is 2. The summed E-state index contributed by atoms with van der Waals surface area (Å²) in [5, 5.41) is 3.10. The van der Waals surface area contributed by atoms with Crippen LogP contribution in [-0.2, 0) is 16.0 Å². The molecular weight excluding hydrogens is 336 g/mol. The molecule has 2 aromatic rings. The van der Waals surface area contributed by atoms with Gasteiger partial charge in [0.05, 0.1) is 6.42 Å². The summed E-state index contributed by atoms with van der Waals surface area (Å²) in [5.74, 6) is 0.536. The maximum atomic E-state index is 12.7. The van der Waals surface area contributed by atoms with Gasteiger partial charge < -0.3 is 10.2 Å². The van der Waals surface area contributed by atoms with Crippen LogP contribution < -0.4 is 5.32 Å². The molecule has 0 aromatic heterocycles. The standard InChI is InChI=1S/C23H28N2O2/c1-17(2)20-10-6-7-11-21(20)24-23(27)19-12-14-25(15-13-19)22(26)16-18-8-4-3-5-9-18/h3-11,17,19H,12-16H2,1-2H3,(H,24,27). The van der Waals surface area contributed by atoms with Crippen molar-refractivity contribution in [2.24, 2.45) is 5.92 Å². The van der Waals surface area contributed by atoms with Crippen molar-refractivity contribution < 1.29 is 9.59 Å². The van der Waals surface area contributed by atoms with Crippen molar-refractivity contribution in [3.8, 4) is 0 Å². The van der Waals surface area contributed by atoms with Crippen LogP contribution in [0.15, 0.2) is 54.6 Å². The number of carbonyl (C=O) groups excluding carboxylic acids is 2. The van der Waals surface area contributed by atoms with E-state index in [0.29, 0.717) is 25.4 Å². The Morgan fingerprint density at radius 1 is 1.00 bits per heavy atom. The van der Waals surface area contributed by atoms with Crippen LogP contribution in [0.2, 0.25) is 0 Å². The highest BCUT2D eigenvalue weighted by Crippen LogP contribution is 2.26. The third kappa shape index (κ3) is 4.97. The molecule has 27 heavy (non-hydrogen) atoms. The van der Waals surface area contributed by atoms with Gasteiger partial charge in [-0.15, -0.1) is 0 Å².